The SMILES string of the molecule is O=C1NC(O)CCC1N1Cc2c(CN3CCN(C4CCN(CC#Cc5ccc(/C=C/c6ccc(C(=O)N7CCc8cnc(-c9cnc%10ccccc%10c9)nc8C7)cc6)cc5)CC4)CC3)cccc2C1=O. The van der Waals surface area contributed by atoms with Gasteiger partial charge < -0.3 is 20.2 Å². The molecule has 0 aliphatic carbocycles. The quantitative estimate of drug-likeness (QED) is 0.127. The van der Waals surface area contributed by atoms with Gasteiger partial charge in [0, 0.05) is 105 Å². The van der Waals surface area contributed by atoms with Gasteiger partial charge >= 0.3 is 0 Å². The number of piperazine rings is 1. The number of aromatic nitrogens is 3. The van der Waals surface area contributed by atoms with Gasteiger partial charge in [-0.2, -0.15) is 0 Å². The lowest BCUT2D eigenvalue weighted by atomic mass is 10.0. The maximum Gasteiger partial charge on any atom is 0.255 e. The predicted octanol–water partition coefficient (Wildman–Crippen LogP) is 6.25. The molecule has 70 heavy (non-hydrogen) atoms. The highest BCUT2D eigenvalue weighted by Crippen LogP contribution is 2.32. The van der Waals surface area contributed by atoms with Crippen LogP contribution in [0.25, 0.3) is 34.4 Å². The number of para-hydroxylation sites is 1. The number of benzene rings is 4. The fraction of sp³-hybridized carbons (Fsp3) is 0.333. The molecule has 13 nitrogen and oxygen atoms in total. The third-order valence-corrected chi connectivity index (χ3v) is 14.8. The van der Waals surface area contributed by atoms with Gasteiger partial charge in [0.25, 0.3) is 11.8 Å². The van der Waals surface area contributed by atoms with Crippen molar-refractivity contribution >= 4 is 40.8 Å². The monoisotopic (exact) mass is 931 g/mol. The highest BCUT2D eigenvalue weighted by Gasteiger charge is 2.40. The Balaban J connectivity index is 0.609. The van der Waals surface area contributed by atoms with Crippen LogP contribution in [-0.2, 0) is 30.8 Å². The van der Waals surface area contributed by atoms with E-state index in [1.165, 1.54) is 0 Å². The fourth-order valence-electron chi connectivity index (χ4n) is 10.7. The van der Waals surface area contributed by atoms with Crippen molar-refractivity contribution in [3.63, 3.8) is 0 Å². The minimum atomic E-state index is -0.836. The molecule has 4 aromatic carbocycles. The third kappa shape index (κ3) is 9.86. The number of aliphatic hydroxyl groups excluding tert-OH is 1. The molecule has 3 fully saturated rings. The second kappa shape index (κ2) is 20.1. The first-order chi connectivity index (χ1) is 34.3. The molecular formula is C57H57N9O4. The summed E-state index contributed by atoms with van der Waals surface area (Å²) in [7, 11) is 0. The van der Waals surface area contributed by atoms with E-state index in [1.54, 1.807) is 4.90 Å². The van der Waals surface area contributed by atoms with E-state index in [0.29, 0.717) is 55.5 Å². The summed E-state index contributed by atoms with van der Waals surface area (Å²) in [6.45, 7) is 9.21. The molecule has 2 unspecified atom stereocenters. The van der Waals surface area contributed by atoms with Crippen molar-refractivity contribution in [3.05, 3.63) is 160 Å². The predicted molar refractivity (Wildman–Crippen MR) is 270 cm³/mol. The van der Waals surface area contributed by atoms with Gasteiger partial charge in [-0.05, 0) is 102 Å². The molecule has 0 bridgehead atoms. The number of piperidine rings is 2. The Bertz CT molecular complexity index is 3020. The van der Waals surface area contributed by atoms with E-state index < -0.39 is 12.3 Å². The van der Waals surface area contributed by atoms with Gasteiger partial charge in [-0.25, -0.2) is 9.97 Å². The number of carbonyl (C=O) groups is 3. The molecule has 354 valence electrons. The lowest BCUT2D eigenvalue weighted by Crippen LogP contribution is -2.54. The smallest absolute Gasteiger partial charge is 0.255 e. The molecule has 0 spiro atoms. The maximum atomic E-state index is 13.6. The summed E-state index contributed by atoms with van der Waals surface area (Å²) in [5.74, 6) is 7.05. The Hall–Kier alpha value is -7.08. The molecule has 2 atom stereocenters. The normalized spacial score (nSPS) is 20.3. The van der Waals surface area contributed by atoms with Gasteiger partial charge in [0.15, 0.2) is 5.82 Å². The second-order valence-corrected chi connectivity index (χ2v) is 19.3. The van der Waals surface area contributed by atoms with Crippen molar-refractivity contribution in [2.45, 2.75) is 70.0 Å². The van der Waals surface area contributed by atoms with Crippen molar-refractivity contribution in [2.24, 2.45) is 0 Å². The number of pyridine rings is 1. The van der Waals surface area contributed by atoms with Gasteiger partial charge in [0.05, 0.1) is 24.3 Å². The molecule has 0 saturated carbocycles. The van der Waals surface area contributed by atoms with Gasteiger partial charge in [-0.3, -0.25) is 34.1 Å². The molecule has 0 radical (unpaired) electrons. The number of nitrogens with zero attached hydrogens (tertiary/aromatic N) is 8. The van der Waals surface area contributed by atoms with Gasteiger partial charge in [-0.15, -0.1) is 0 Å². The maximum absolute atomic E-state index is 13.6. The first-order valence-corrected chi connectivity index (χ1v) is 24.7. The number of carbonyl (C=O) groups excluding carboxylic acids is 3. The first kappa shape index (κ1) is 45.4. The summed E-state index contributed by atoms with van der Waals surface area (Å²) in [6, 6.07) is 32.2. The zero-order valence-electron chi connectivity index (χ0n) is 39.3. The molecule has 5 aliphatic rings. The van der Waals surface area contributed by atoms with Crippen LogP contribution in [0.15, 0.2) is 109 Å². The molecule has 2 N–H and O–H groups in total. The zero-order valence-corrected chi connectivity index (χ0v) is 39.3. The third-order valence-electron chi connectivity index (χ3n) is 14.8. The van der Waals surface area contributed by atoms with Crippen LogP contribution in [0.3, 0.4) is 0 Å². The summed E-state index contributed by atoms with van der Waals surface area (Å²) in [4.78, 5) is 64.9. The first-order valence-electron chi connectivity index (χ1n) is 24.7. The largest absolute Gasteiger partial charge is 0.374 e. The van der Waals surface area contributed by atoms with Crippen LogP contribution in [0.2, 0.25) is 0 Å². The minimum Gasteiger partial charge on any atom is -0.374 e. The van der Waals surface area contributed by atoms with Crippen LogP contribution in [0, 0.1) is 11.8 Å². The van der Waals surface area contributed by atoms with E-state index in [2.05, 4.69) is 90.4 Å². The Labute approximate surface area is 408 Å². The van der Waals surface area contributed by atoms with E-state index in [4.69, 9.17) is 4.98 Å². The Kier molecular flexibility index (Phi) is 13.0. The Morgan fingerprint density at radius 2 is 1.54 bits per heavy atom. The number of amides is 3. The number of hydrogen-bond donors (Lipinski definition) is 2. The van der Waals surface area contributed by atoms with E-state index >= 15 is 0 Å². The molecule has 6 aromatic rings. The highest BCUT2D eigenvalue weighted by molar-refractivity contribution is 6.01. The van der Waals surface area contributed by atoms with Crippen LogP contribution >= 0.6 is 0 Å². The second-order valence-electron chi connectivity index (χ2n) is 19.3. The Morgan fingerprint density at radius 1 is 0.771 bits per heavy atom. The van der Waals surface area contributed by atoms with Crippen LogP contribution in [0.1, 0.15) is 85.5 Å². The molecule has 5 aliphatic heterocycles. The minimum absolute atomic E-state index is 0.00308. The van der Waals surface area contributed by atoms with E-state index in [1.807, 2.05) is 78.0 Å². The van der Waals surface area contributed by atoms with E-state index in [-0.39, 0.29) is 17.7 Å². The molecule has 7 heterocycles. The van der Waals surface area contributed by atoms with Crippen LogP contribution in [0.4, 0.5) is 0 Å². The number of hydrogen-bond acceptors (Lipinski definition) is 10. The van der Waals surface area contributed by atoms with Gasteiger partial charge in [0.2, 0.25) is 5.91 Å². The molecule has 3 amide bonds. The standard InChI is InChI=1S/C57H57N9O4/c67-53-21-20-52(55(68)61-53)66-37-49-45(7-3-8-48(49)57(66)70)36-63-29-31-64(32-30-63)47-23-26-62(27-24-47)25-4-5-39-10-12-40(13-11-39)14-15-41-16-18-42(19-17-41)56(69)65-28-22-44-34-59-54(60-51(44)38-65)46-33-43-6-1-2-9-50(43)58-35-46/h1-3,6-19,33-35,47,52-53,67H,20-32,36-38H2,(H,61,68)/b15-14+. The van der Waals surface area contributed by atoms with Crippen LogP contribution in [-0.4, -0.2) is 133 Å². The number of nitrogens with one attached hydrogen (secondary N) is 1. The number of likely N-dealkylation sites (tertiary alicyclic amines) is 1. The van der Waals surface area contributed by atoms with Crippen LogP contribution in [0.5, 0.6) is 0 Å². The summed E-state index contributed by atoms with van der Waals surface area (Å²) in [6.07, 6.45) is 11.0. The summed E-state index contributed by atoms with van der Waals surface area (Å²) >= 11 is 0. The molecule has 2 aromatic heterocycles. The lowest BCUT2D eigenvalue weighted by Gasteiger charge is -2.42. The van der Waals surface area contributed by atoms with Gasteiger partial charge in [0.1, 0.15) is 12.3 Å². The van der Waals surface area contributed by atoms with E-state index in [9.17, 15) is 19.5 Å². The van der Waals surface area contributed by atoms with Crippen molar-refractivity contribution in [2.75, 3.05) is 52.4 Å². The number of rotatable bonds is 9. The summed E-state index contributed by atoms with van der Waals surface area (Å²) in [5, 5.41) is 13.5. The molecule has 3 saturated heterocycles. The molecule has 11 rings (SSSR count). The van der Waals surface area contributed by atoms with Crippen molar-refractivity contribution in [1.82, 2.24) is 44.8 Å². The van der Waals surface area contributed by atoms with Crippen LogP contribution < -0.4 is 5.32 Å². The average molecular weight is 932 g/mol. The summed E-state index contributed by atoms with van der Waals surface area (Å²) in [5.41, 5.74) is 10.4. The van der Waals surface area contributed by atoms with Crippen molar-refractivity contribution < 1.29 is 19.5 Å². The fourth-order valence-corrected chi connectivity index (χ4v) is 10.7. The average Bonchev–Trinajstić information content (AvgIpc) is 3.74. The van der Waals surface area contributed by atoms with Crippen molar-refractivity contribution in [3.8, 4) is 23.2 Å². The molecular weight excluding hydrogens is 875 g/mol. The number of aliphatic hydroxyl groups is 1. The topological polar surface area (TPSA) is 138 Å². The van der Waals surface area contributed by atoms with Crippen molar-refractivity contribution in [1.29, 1.82) is 0 Å². The zero-order chi connectivity index (χ0) is 47.6. The van der Waals surface area contributed by atoms with Gasteiger partial charge in [-0.1, -0.05) is 78.6 Å². The lowest BCUT2D eigenvalue weighted by molar-refractivity contribution is -0.132. The Morgan fingerprint density at radius 3 is 2.33 bits per heavy atom. The highest BCUT2D eigenvalue weighted by atomic mass is 16.3. The van der Waals surface area contributed by atoms with E-state index in [0.717, 1.165) is 127 Å². The summed E-state index contributed by atoms with van der Waals surface area (Å²) < 4.78 is 0. The molecule has 13 heteroatoms. The number of fused-ring (bicyclic) bond motifs is 3.